The molecule has 1 aliphatic heterocycles. The van der Waals surface area contributed by atoms with Gasteiger partial charge >= 0.3 is 0 Å². The van der Waals surface area contributed by atoms with Gasteiger partial charge in [0.15, 0.2) is 32.4 Å². The molecule has 14 nitrogen and oxygen atoms in total. The van der Waals surface area contributed by atoms with E-state index >= 15 is 0 Å². The number of H-pyrrole nitrogens is 1. The smallest absolute Gasteiger partial charge is 0.269 e. The monoisotopic (exact) mass is 667 g/mol. The van der Waals surface area contributed by atoms with Gasteiger partial charge in [-0.05, 0) is 62.6 Å². The van der Waals surface area contributed by atoms with Gasteiger partial charge < -0.3 is 19.9 Å². The molecule has 0 spiro atoms. The second-order valence-electron chi connectivity index (χ2n) is 11.2. The summed E-state index contributed by atoms with van der Waals surface area (Å²) in [5.74, 6) is 1.87. The molecule has 1 saturated heterocycles. The molecule has 0 unspecified atom stereocenters. The lowest BCUT2D eigenvalue weighted by atomic mass is 10.2. The van der Waals surface area contributed by atoms with Gasteiger partial charge in [-0.3, -0.25) is 20.1 Å². The van der Waals surface area contributed by atoms with Gasteiger partial charge in [-0.2, -0.15) is 5.10 Å². The van der Waals surface area contributed by atoms with E-state index in [9.17, 15) is 18.5 Å². The van der Waals surface area contributed by atoms with Crippen molar-refractivity contribution in [1.82, 2.24) is 30.0 Å². The van der Waals surface area contributed by atoms with Crippen LogP contribution < -0.4 is 15.0 Å². The minimum atomic E-state index is -3.74. The molecule has 0 bridgehead atoms. The van der Waals surface area contributed by atoms with Crippen molar-refractivity contribution in [1.29, 1.82) is 0 Å². The van der Waals surface area contributed by atoms with Gasteiger partial charge in [0.05, 0.1) is 22.7 Å². The minimum Gasteiger partial charge on any atom is -0.490 e. The van der Waals surface area contributed by atoms with Crippen molar-refractivity contribution in [3.8, 4) is 5.75 Å². The van der Waals surface area contributed by atoms with Crippen molar-refractivity contribution < 1.29 is 18.1 Å². The topological polar surface area (TPSA) is 163 Å². The fourth-order valence-electron chi connectivity index (χ4n) is 4.96. The highest BCUT2D eigenvalue weighted by Crippen LogP contribution is 2.38. The molecule has 0 saturated carbocycles. The van der Waals surface area contributed by atoms with Crippen molar-refractivity contribution in [2.45, 2.75) is 27.6 Å². The zero-order valence-electron chi connectivity index (χ0n) is 26.1. The lowest BCUT2D eigenvalue weighted by Gasteiger charge is -2.36. The maximum atomic E-state index is 13.1. The molecule has 46 heavy (non-hydrogen) atoms. The van der Waals surface area contributed by atoms with E-state index in [2.05, 4.69) is 44.3 Å². The lowest BCUT2D eigenvalue weighted by molar-refractivity contribution is -0.384. The highest BCUT2D eigenvalue weighted by molar-refractivity contribution is 7.99. The van der Waals surface area contributed by atoms with E-state index < -0.39 is 14.8 Å². The normalized spacial score (nSPS) is 14.1. The third kappa shape index (κ3) is 8.31. The van der Waals surface area contributed by atoms with Crippen LogP contribution in [-0.4, -0.2) is 104 Å². The molecule has 5 rings (SSSR count). The Morgan fingerprint density at radius 3 is 2.46 bits per heavy atom. The number of nitrogens with zero attached hydrogens (tertiary/aromatic N) is 7. The predicted molar refractivity (Wildman–Crippen MR) is 177 cm³/mol. The van der Waals surface area contributed by atoms with Crippen LogP contribution in [0.15, 0.2) is 69.5 Å². The molecule has 2 aromatic heterocycles. The molecule has 3 heterocycles. The molecule has 2 N–H and O–H groups in total. The number of nitro benzene ring substituents is 1. The summed E-state index contributed by atoms with van der Waals surface area (Å²) >= 11 is 1.30. The first-order valence-corrected chi connectivity index (χ1v) is 17.1. The Labute approximate surface area is 272 Å². The zero-order valence-corrected chi connectivity index (χ0v) is 27.8. The highest BCUT2D eigenvalue weighted by atomic mass is 32.2. The number of hydrogen-bond acceptors (Lipinski definition) is 13. The third-order valence-corrected chi connectivity index (χ3v) is 9.97. The summed E-state index contributed by atoms with van der Waals surface area (Å²) in [5.41, 5.74) is 1.08. The van der Waals surface area contributed by atoms with E-state index in [1.165, 1.54) is 42.1 Å². The molecule has 0 radical (unpaired) electrons. The Balaban J connectivity index is 1.38. The summed E-state index contributed by atoms with van der Waals surface area (Å²) < 4.78 is 32.1. The minimum absolute atomic E-state index is 0.114. The van der Waals surface area contributed by atoms with Gasteiger partial charge in [0, 0.05) is 68.1 Å². The number of rotatable bonds is 13. The molecule has 244 valence electrons. The fourth-order valence-corrected chi connectivity index (χ4v) is 7.05. The molecule has 2 aromatic carbocycles. The Kier molecular flexibility index (Phi) is 10.4. The van der Waals surface area contributed by atoms with Crippen LogP contribution >= 0.6 is 11.8 Å². The largest absolute Gasteiger partial charge is 0.490 e. The highest BCUT2D eigenvalue weighted by Gasteiger charge is 2.26. The van der Waals surface area contributed by atoms with Crippen molar-refractivity contribution in [3.63, 3.8) is 0 Å². The molecular formula is C30H37N9O5S2. The number of hydrogen-bond donors (Lipinski definition) is 2. The number of methoxy groups -OCH3 is 1. The summed E-state index contributed by atoms with van der Waals surface area (Å²) in [6.45, 7) is 7.19. The van der Waals surface area contributed by atoms with Crippen molar-refractivity contribution >= 4 is 44.7 Å². The number of ether oxygens (including phenoxy) is 1. The van der Waals surface area contributed by atoms with Crippen LogP contribution in [0.4, 0.5) is 23.1 Å². The van der Waals surface area contributed by atoms with Crippen LogP contribution in [0, 0.1) is 17.0 Å². The molecular weight excluding hydrogens is 631 g/mol. The number of piperazine rings is 1. The van der Waals surface area contributed by atoms with Crippen LogP contribution in [0.3, 0.4) is 0 Å². The van der Waals surface area contributed by atoms with Gasteiger partial charge in [0.1, 0.15) is 0 Å². The molecule has 1 aliphatic rings. The summed E-state index contributed by atoms with van der Waals surface area (Å²) in [4.78, 5) is 27.9. The first-order chi connectivity index (χ1) is 22.0. The molecule has 1 fully saturated rings. The SMILES string of the molecule is COc1c(Nc2cc(C)[nH]n2)nc(Sc2ccc(S(=O)(=O)Cc3cccc([N+](=O)[O-])c3)cc2)nc1N1CCN(CCN(C)C)CC1. The predicted octanol–water partition coefficient (Wildman–Crippen LogP) is 3.98. The molecule has 16 heteroatoms. The van der Waals surface area contributed by atoms with Gasteiger partial charge in [-0.15, -0.1) is 0 Å². The Morgan fingerprint density at radius 1 is 1.09 bits per heavy atom. The summed E-state index contributed by atoms with van der Waals surface area (Å²) in [6.07, 6.45) is 0. The van der Waals surface area contributed by atoms with Crippen LogP contribution in [0.25, 0.3) is 0 Å². The van der Waals surface area contributed by atoms with Gasteiger partial charge in [0.2, 0.25) is 5.75 Å². The van der Waals surface area contributed by atoms with Gasteiger partial charge in [0.25, 0.3) is 5.69 Å². The number of likely N-dealkylation sites (N-methyl/N-ethyl adjacent to an activating group) is 1. The quantitative estimate of drug-likeness (QED) is 0.120. The van der Waals surface area contributed by atoms with E-state index in [0.29, 0.717) is 33.9 Å². The number of benzene rings is 2. The number of aromatic amines is 1. The molecule has 0 aliphatic carbocycles. The van der Waals surface area contributed by atoms with Crippen LogP contribution in [0.5, 0.6) is 5.75 Å². The number of nitro groups is 1. The van der Waals surface area contributed by atoms with E-state index in [-0.39, 0.29) is 16.3 Å². The Morgan fingerprint density at radius 2 is 1.83 bits per heavy atom. The first kappa shape index (κ1) is 33.1. The number of aryl methyl sites for hydroxylation is 1. The maximum absolute atomic E-state index is 13.1. The number of nitrogens with one attached hydrogen (secondary N) is 2. The number of non-ortho nitro benzene ring substituents is 1. The molecule has 0 atom stereocenters. The van der Waals surface area contributed by atoms with E-state index in [4.69, 9.17) is 14.7 Å². The van der Waals surface area contributed by atoms with E-state index in [1.807, 2.05) is 13.0 Å². The standard InChI is InChI=1S/C30H37N9O5S2/c1-21-18-26(35-34-21)31-28-27(44-4)29(38-16-14-37(15-17-38)13-12-36(2)3)33-30(32-28)45-24-8-10-25(11-9-24)46(42,43)20-22-6-5-7-23(19-22)39(40)41/h5-11,18-19H,12-17,20H2,1-4H3,(H2,31,32,33,34,35). The number of sulfone groups is 1. The van der Waals surface area contributed by atoms with E-state index in [0.717, 1.165) is 49.9 Å². The first-order valence-electron chi connectivity index (χ1n) is 14.6. The van der Waals surface area contributed by atoms with Gasteiger partial charge in [-0.1, -0.05) is 12.1 Å². The molecule has 4 aromatic rings. The number of aromatic nitrogens is 4. The van der Waals surface area contributed by atoms with Crippen molar-refractivity contribution in [2.75, 3.05) is 70.7 Å². The summed E-state index contributed by atoms with van der Waals surface area (Å²) in [6, 6.07) is 14.0. The fraction of sp³-hybridized carbons (Fsp3) is 0.367. The van der Waals surface area contributed by atoms with E-state index in [1.54, 1.807) is 25.3 Å². The Bertz CT molecular complexity index is 1770. The zero-order chi connectivity index (χ0) is 32.8. The van der Waals surface area contributed by atoms with Crippen LogP contribution in [0.1, 0.15) is 11.3 Å². The second-order valence-corrected chi connectivity index (χ2v) is 14.2. The van der Waals surface area contributed by atoms with Crippen LogP contribution in [0.2, 0.25) is 0 Å². The Hall–Kier alpha value is -4.25. The average molecular weight is 668 g/mol. The third-order valence-electron chi connectivity index (χ3n) is 7.39. The average Bonchev–Trinajstić information content (AvgIpc) is 3.44. The second kappa shape index (κ2) is 14.5. The summed E-state index contributed by atoms with van der Waals surface area (Å²) in [7, 11) is 2.00. The van der Waals surface area contributed by atoms with Crippen molar-refractivity contribution in [2.24, 2.45) is 0 Å². The lowest BCUT2D eigenvalue weighted by Crippen LogP contribution is -2.48. The number of anilines is 3. The van der Waals surface area contributed by atoms with Gasteiger partial charge in [-0.25, -0.2) is 18.4 Å². The summed E-state index contributed by atoms with van der Waals surface area (Å²) in [5, 5.41) is 22.0. The maximum Gasteiger partial charge on any atom is 0.269 e. The molecule has 0 amide bonds. The van der Waals surface area contributed by atoms with Crippen molar-refractivity contribution in [3.05, 3.63) is 76.0 Å². The van der Waals surface area contributed by atoms with Crippen LogP contribution in [-0.2, 0) is 15.6 Å².